The third-order valence-corrected chi connectivity index (χ3v) is 27.5. The molecule has 18 unspecified atom stereocenters. The number of ketones is 5. The topological polar surface area (TPSA) is 365 Å². The van der Waals surface area contributed by atoms with Crippen LogP contribution in [0, 0.1) is 71.0 Å². The minimum atomic E-state index is -2.51. The van der Waals surface area contributed by atoms with E-state index in [9.17, 15) is 73.8 Å². The molecule has 0 spiro atoms. The van der Waals surface area contributed by atoms with E-state index in [2.05, 4.69) is 6.58 Å². The molecule has 0 aromatic heterocycles. The summed E-state index contributed by atoms with van der Waals surface area (Å²) < 4.78 is 53.3. The summed E-state index contributed by atoms with van der Waals surface area (Å²) in [4.78, 5) is 129. The van der Waals surface area contributed by atoms with Crippen molar-refractivity contribution in [2.24, 2.45) is 71.0 Å². The zero-order valence-corrected chi connectivity index (χ0v) is 75.6. The molecule has 121 heavy (non-hydrogen) atoms. The van der Waals surface area contributed by atoms with Gasteiger partial charge in [-0.1, -0.05) is 128 Å². The van der Waals surface area contributed by atoms with E-state index in [0.29, 0.717) is 120 Å². The number of nitrogens with zero attached hydrogens (tertiary/aromatic N) is 2. The van der Waals surface area contributed by atoms with Crippen molar-refractivity contribution in [3.8, 4) is 0 Å². The van der Waals surface area contributed by atoms with E-state index in [0.717, 1.165) is 17.6 Å². The van der Waals surface area contributed by atoms with E-state index in [-0.39, 0.29) is 110 Å². The van der Waals surface area contributed by atoms with Crippen LogP contribution in [0.4, 0.5) is 0 Å². The maximum Gasteiger partial charge on any atom is 0.329 e. The molecular formula is C95H148N2O24. The second-order valence-electron chi connectivity index (χ2n) is 37.0. The van der Waals surface area contributed by atoms with Gasteiger partial charge in [0.2, 0.25) is 11.6 Å². The maximum absolute atomic E-state index is 14.3. The van der Waals surface area contributed by atoms with Crippen LogP contribution in [0.5, 0.6) is 0 Å². The van der Waals surface area contributed by atoms with E-state index in [1.807, 2.05) is 97.9 Å². The number of rotatable bonds is 12. The van der Waals surface area contributed by atoms with Gasteiger partial charge < -0.3 is 83.1 Å². The average Bonchev–Trinajstić information content (AvgIpc) is 0.833. The van der Waals surface area contributed by atoms with Crippen molar-refractivity contribution < 1.29 is 116 Å². The van der Waals surface area contributed by atoms with Gasteiger partial charge in [-0.2, -0.15) is 0 Å². The van der Waals surface area contributed by atoms with Crippen molar-refractivity contribution in [3.05, 3.63) is 83.6 Å². The smallest absolute Gasteiger partial charge is 0.329 e. The van der Waals surface area contributed by atoms with Gasteiger partial charge in [0.15, 0.2) is 5.78 Å². The van der Waals surface area contributed by atoms with Gasteiger partial charge in [0.25, 0.3) is 23.4 Å². The van der Waals surface area contributed by atoms with Crippen molar-refractivity contribution in [3.63, 3.8) is 0 Å². The van der Waals surface area contributed by atoms with Crippen LogP contribution in [0.3, 0.4) is 0 Å². The first kappa shape index (κ1) is 102. The Bertz CT molecular complexity index is 3680. The summed E-state index contributed by atoms with van der Waals surface area (Å²) in [5, 5.41) is 67.9. The summed E-state index contributed by atoms with van der Waals surface area (Å²) >= 11 is 0. The van der Waals surface area contributed by atoms with Crippen LogP contribution in [-0.2, 0) is 85.8 Å². The second-order valence-corrected chi connectivity index (χ2v) is 37.0. The Labute approximate surface area is 719 Å². The number of piperidine rings is 2. The Morgan fingerprint density at radius 1 is 0.579 bits per heavy atom. The summed E-state index contributed by atoms with van der Waals surface area (Å²) in [5.74, 6) is -15.4. The van der Waals surface area contributed by atoms with Gasteiger partial charge >= 0.3 is 11.9 Å². The van der Waals surface area contributed by atoms with Gasteiger partial charge in [-0.15, -0.1) is 6.58 Å². The lowest BCUT2D eigenvalue weighted by Crippen LogP contribution is -2.64. The van der Waals surface area contributed by atoms with Gasteiger partial charge in [-0.3, -0.25) is 33.6 Å². The molecular weight excluding hydrogens is 1550 g/mol. The molecule has 2 aliphatic carbocycles. The monoisotopic (exact) mass is 1700 g/mol. The average molecular weight is 1700 g/mol. The minimum Gasteiger partial charge on any atom is -0.460 e. The summed E-state index contributed by atoms with van der Waals surface area (Å²) in [6, 6.07) is -2.26. The number of aliphatic hydroxyl groups excluding tert-OH is 4. The molecule has 6 aliphatic heterocycles. The third-order valence-electron chi connectivity index (χ3n) is 27.5. The Balaban J connectivity index is 0.000000335. The van der Waals surface area contributed by atoms with Crippen molar-refractivity contribution in [2.75, 3.05) is 48.6 Å². The fraction of sp³-hybridized carbons (Fsp3) is 0.758. The third kappa shape index (κ3) is 27.0. The molecule has 8 rings (SSSR count). The van der Waals surface area contributed by atoms with Gasteiger partial charge in [0.05, 0.1) is 48.8 Å². The SMILES string of the molecule is C=CC[C@@H]1/C=C(\C)C[C@H](C)CC(OC)C2OC(O)(C(=O)C(=O)N3CCCC[C@H]3C(=O)OC(/C(C)=C/C3CCC(O)C(OC)C3)[C@H](C)C(O)CC1=O)[C@H](C)CC2OC.COC1CC(C[C@@H](C)C2CC(=O)[C@H](C)/C=C(\C)C(O)C(OC)C(=O)[C@H](C)CC(C)/C=C/C=C/C=C(\C)[C@@H](C)CC3CC[C@@H](C)C(O)(O3)C(=O)C(=O)N3CCCC[C@H]3C(=O)O2)CCC1O. The van der Waals surface area contributed by atoms with E-state index in [4.69, 9.17) is 42.6 Å². The summed E-state index contributed by atoms with van der Waals surface area (Å²) in [5.41, 5.74) is 3.07. The summed E-state index contributed by atoms with van der Waals surface area (Å²) in [6.45, 7) is 28.1. The van der Waals surface area contributed by atoms with Crippen molar-refractivity contribution >= 4 is 52.7 Å². The zero-order chi connectivity index (χ0) is 89.7. The van der Waals surface area contributed by atoms with Crippen LogP contribution in [0.15, 0.2) is 83.6 Å². The largest absolute Gasteiger partial charge is 0.460 e. The standard InChI is InChI=1S/C51H79NO12.C44H69NO12/c1-30-16-12-11-13-17-31(2)32(3)27-39-21-19-37(8)51(60,64-39)48(57)49(58)52-23-15-14-18-40(52)50(59)63-43(34(5)26-38-20-22-41(53)44(28-38)61-9)29-42(54)33(4)25-36(7)46(56)47(62-10)45(55)35(6)24-30;1-10-13-31-19-25(2)18-26(3)20-37(54-8)40-38(55-9)22-28(5)44(52,57-40)41(49)42(50)45-17-12-11-14-32(45)43(51)56-39(29(6)34(47)24-35(31)48)27(4)21-30-15-16-33(46)36(23-30)53-7/h11-13,16-17,25,30,32-35,37-41,43-44,46-47,53,56,60H,14-15,18-24,26-29H2,1-10H3;10,19,21,26,28-34,36-40,46-47,52H,1,11-18,20,22-24H2,2-9H3/b13-11+,16-12+,31-17+,36-25+;25-19+,27-21+/t30?,32-,33+,34+,35+,37+,38?,39?,40-,41?,43?,44?,46?,47?,51?;26-,28+,29+,30?,31+,32-,33?,34?,36?,37?,38?,39?,40?,44?/m00/s1. The molecule has 6 N–H and O–H groups in total. The number of amides is 2. The fourth-order valence-corrected chi connectivity index (χ4v) is 19.5. The van der Waals surface area contributed by atoms with E-state index >= 15 is 0 Å². The summed E-state index contributed by atoms with van der Waals surface area (Å²) in [7, 11) is 7.57. The molecule has 8 aliphatic rings. The van der Waals surface area contributed by atoms with Gasteiger partial charge in [-0.25, -0.2) is 9.59 Å². The first-order valence-corrected chi connectivity index (χ1v) is 44.7. The highest BCUT2D eigenvalue weighted by atomic mass is 16.7. The van der Waals surface area contributed by atoms with Crippen LogP contribution in [0.2, 0.25) is 0 Å². The van der Waals surface area contributed by atoms with Gasteiger partial charge in [0.1, 0.15) is 54.2 Å². The molecule has 29 atom stereocenters. The number of fused-ring (bicyclic) bond motifs is 6. The Morgan fingerprint density at radius 2 is 1.16 bits per heavy atom. The Kier molecular flexibility index (Phi) is 40.0. The number of methoxy groups -OCH3 is 5. The predicted octanol–water partition coefficient (Wildman–Crippen LogP) is 11.4. The molecule has 2 saturated carbocycles. The summed E-state index contributed by atoms with van der Waals surface area (Å²) in [6.07, 6.45) is 17.4. The van der Waals surface area contributed by atoms with Crippen molar-refractivity contribution in [2.45, 2.75) is 341 Å². The molecule has 2 amide bonds. The lowest BCUT2D eigenvalue weighted by atomic mass is 9.78. The number of Topliss-reactive ketones (excluding diaryl/α,β-unsaturated/α-hetero) is 5. The number of ether oxygens (including phenoxy) is 9. The molecule has 0 radical (unpaired) electrons. The number of cyclic esters (lactones) is 2. The number of esters is 2. The molecule has 26 heteroatoms. The van der Waals surface area contributed by atoms with Gasteiger partial charge in [0, 0.05) is 97.0 Å². The number of aliphatic hydroxyl groups is 6. The van der Waals surface area contributed by atoms with E-state index in [1.165, 1.54) is 31.1 Å². The number of hydrogen-bond acceptors (Lipinski definition) is 24. The van der Waals surface area contributed by atoms with Crippen molar-refractivity contribution in [1.29, 1.82) is 0 Å². The molecule has 4 bridgehead atoms. The number of hydrogen-bond donors (Lipinski definition) is 6. The quantitative estimate of drug-likeness (QED) is 0.0600. The van der Waals surface area contributed by atoms with E-state index < -0.39 is 162 Å². The number of carbonyl (C=O) groups excluding carboxylic acids is 9. The van der Waals surface area contributed by atoms with E-state index in [1.54, 1.807) is 61.0 Å². The highest BCUT2D eigenvalue weighted by molar-refractivity contribution is 6.39. The Hall–Kier alpha value is -6.11. The lowest BCUT2D eigenvalue weighted by molar-refractivity contribution is -0.302. The predicted molar refractivity (Wildman–Crippen MR) is 456 cm³/mol. The molecule has 4 saturated heterocycles. The highest BCUT2D eigenvalue weighted by Crippen LogP contribution is 2.43. The number of carbonyl (C=O) groups is 9. The molecule has 6 heterocycles. The molecule has 682 valence electrons. The zero-order valence-electron chi connectivity index (χ0n) is 75.6. The first-order valence-electron chi connectivity index (χ1n) is 44.7. The van der Waals surface area contributed by atoms with Crippen LogP contribution in [0.25, 0.3) is 0 Å². The molecule has 26 nitrogen and oxygen atoms in total. The van der Waals surface area contributed by atoms with Gasteiger partial charge in [-0.05, 0) is 209 Å². The van der Waals surface area contributed by atoms with Crippen LogP contribution in [-0.4, -0.2) is 245 Å². The maximum atomic E-state index is 14.3. The highest BCUT2D eigenvalue weighted by Gasteiger charge is 2.58. The van der Waals surface area contributed by atoms with Crippen molar-refractivity contribution in [1.82, 2.24) is 9.80 Å². The molecule has 6 fully saturated rings. The van der Waals surface area contributed by atoms with Crippen LogP contribution < -0.4 is 0 Å². The molecule has 0 aromatic rings. The fourth-order valence-electron chi connectivity index (χ4n) is 19.5. The van der Waals surface area contributed by atoms with Crippen LogP contribution in [0.1, 0.15) is 238 Å². The minimum absolute atomic E-state index is 0.00988. The Morgan fingerprint density at radius 3 is 1.75 bits per heavy atom. The molecule has 0 aromatic carbocycles. The normalized spacial score (nSPS) is 40.9. The lowest BCUT2D eigenvalue weighted by Gasteiger charge is -2.47. The van der Waals surface area contributed by atoms with Crippen LogP contribution >= 0.6 is 0 Å². The first-order chi connectivity index (χ1) is 57.2. The number of allylic oxidation sites excluding steroid dienone is 11. The second kappa shape index (κ2) is 47.5.